The molecule has 138 valence electrons. The molecule has 2 saturated heterocycles. The van der Waals surface area contributed by atoms with E-state index in [0.29, 0.717) is 18.8 Å². The van der Waals surface area contributed by atoms with Crippen LogP contribution in [0.1, 0.15) is 33.3 Å². The van der Waals surface area contributed by atoms with E-state index in [-0.39, 0.29) is 5.46 Å². The van der Waals surface area contributed by atoms with Crippen LogP contribution in [0.3, 0.4) is 0 Å². The van der Waals surface area contributed by atoms with Gasteiger partial charge in [-0.15, -0.1) is 0 Å². The zero-order chi connectivity index (χ0) is 18.5. The lowest BCUT2D eigenvalue weighted by Gasteiger charge is -2.32. The third kappa shape index (κ3) is 3.52. The first-order chi connectivity index (χ1) is 11.5. The van der Waals surface area contributed by atoms with Gasteiger partial charge in [-0.25, -0.2) is 0 Å². The molecule has 0 bridgehead atoms. The van der Waals surface area contributed by atoms with Gasteiger partial charge >= 0.3 is 13.3 Å². The van der Waals surface area contributed by atoms with Crippen LogP contribution in [0.4, 0.5) is 18.9 Å². The quantitative estimate of drug-likeness (QED) is 0.826. The predicted molar refractivity (Wildman–Crippen MR) is 92.2 cm³/mol. The molecule has 2 aliphatic rings. The first-order valence-corrected chi connectivity index (χ1v) is 8.54. The number of hydrogen-bond donors (Lipinski definition) is 1. The molecule has 0 saturated carbocycles. The fraction of sp³-hybridized carbons (Fsp3) is 0.647. The number of halogens is 3. The fourth-order valence-electron chi connectivity index (χ4n) is 3.09. The molecule has 1 N–H and O–H groups in total. The molecule has 1 aromatic rings. The third-order valence-electron chi connectivity index (χ3n) is 5.33. The number of alkyl halides is 3. The van der Waals surface area contributed by atoms with Crippen molar-refractivity contribution in [1.29, 1.82) is 0 Å². The van der Waals surface area contributed by atoms with Gasteiger partial charge < -0.3 is 19.5 Å². The average molecular weight is 356 g/mol. The molecule has 1 aromatic carbocycles. The summed E-state index contributed by atoms with van der Waals surface area (Å²) in [5, 5.41) is 3.20. The van der Waals surface area contributed by atoms with Crippen LogP contribution in [-0.4, -0.2) is 44.5 Å². The molecule has 3 rings (SSSR count). The maximum absolute atomic E-state index is 13.7. The minimum atomic E-state index is -4.47. The maximum Gasteiger partial charge on any atom is 0.495 e. The Balaban J connectivity index is 1.97. The average Bonchev–Trinajstić information content (AvgIpc) is 2.75. The second-order valence-electron chi connectivity index (χ2n) is 7.59. The minimum Gasteiger partial charge on any atom is -0.399 e. The van der Waals surface area contributed by atoms with Gasteiger partial charge in [-0.2, -0.15) is 13.2 Å². The van der Waals surface area contributed by atoms with Crippen molar-refractivity contribution in [3.8, 4) is 0 Å². The molecule has 0 spiro atoms. The largest absolute Gasteiger partial charge is 0.495 e. The van der Waals surface area contributed by atoms with E-state index in [9.17, 15) is 13.2 Å². The van der Waals surface area contributed by atoms with Crippen LogP contribution >= 0.6 is 0 Å². The Kier molecular flexibility index (Phi) is 4.58. The Morgan fingerprint density at radius 1 is 1.04 bits per heavy atom. The molecular formula is C17H24BF3N2O2. The van der Waals surface area contributed by atoms with Crippen molar-refractivity contribution in [2.24, 2.45) is 0 Å². The van der Waals surface area contributed by atoms with E-state index in [0.717, 1.165) is 13.1 Å². The molecule has 0 aromatic heterocycles. The standard InChI is InChI=1S/C17H24BF3N2O2/c1-15(2)16(3,4)25-18(24-15)14-6-5-12(11-13(14)17(19,20)21)23-9-7-22-8-10-23/h5-6,11,22H,7-10H2,1-4H3. The van der Waals surface area contributed by atoms with Crippen molar-refractivity contribution >= 4 is 18.3 Å². The van der Waals surface area contributed by atoms with Crippen molar-refractivity contribution < 1.29 is 22.5 Å². The van der Waals surface area contributed by atoms with Gasteiger partial charge in [-0.3, -0.25) is 0 Å². The molecule has 25 heavy (non-hydrogen) atoms. The molecule has 0 atom stereocenters. The van der Waals surface area contributed by atoms with Crippen LogP contribution in [0, 0.1) is 0 Å². The lowest BCUT2D eigenvalue weighted by atomic mass is 9.75. The van der Waals surface area contributed by atoms with Crippen LogP contribution in [-0.2, 0) is 15.5 Å². The summed E-state index contributed by atoms with van der Waals surface area (Å²) in [5.41, 5.74) is -1.45. The summed E-state index contributed by atoms with van der Waals surface area (Å²) in [6.45, 7) is 10.2. The number of nitrogens with one attached hydrogen (secondary N) is 1. The summed E-state index contributed by atoms with van der Waals surface area (Å²) in [5.74, 6) is 0. The molecule has 8 heteroatoms. The number of anilines is 1. The summed E-state index contributed by atoms with van der Waals surface area (Å²) in [6, 6.07) is 4.43. The van der Waals surface area contributed by atoms with Crippen molar-refractivity contribution in [2.45, 2.75) is 45.1 Å². The Labute approximate surface area is 146 Å². The highest BCUT2D eigenvalue weighted by molar-refractivity contribution is 6.62. The Morgan fingerprint density at radius 2 is 1.60 bits per heavy atom. The normalized spacial score (nSPS) is 23.2. The van der Waals surface area contributed by atoms with E-state index in [2.05, 4.69) is 5.32 Å². The van der Waals surface area contributed by atoms with Crippen LogP contribution in [0.5, 0.6) is 0 Å². The van der Waals surface area contributed by atoms with Crippen LogP contribution < -0.4 is 15.7 Å². The SMILES string of the molecule is CC1(C)OB(c2ccc(N3CCNCC3)cc2C(F)(F)F)OC1(C)C. The fourth-order valence-corrected chi connectivity index (χ4v) is 3.09. The zero-order valence-electron chi connectivity index (χ0n) is 15.0. The van der Waals surface area contributed by atoms with Gasteiger partial charge in [0.1, 0.15) is 0 Å². The predicted octanol–water partition coefficient (Wildman–Crippen LogP) is 2.41. The highest BCUT2D eigenvalue weighted by atomic mass is 19.4. The van der Waals surface area contributed by atoms with Gasteiger partial charge in [0.05, 0.1) is 16.8 Å². The van der Waals surface area contributed by atoms with Crippen LogP contribution in [0.2, 0.25) is 0 Å². The zero-order valence-corrected chi connectivity index (χ0v) is 15.0. The van der Waals surface area contributed by atoms with E-state index >= 15 is 0 Å². The van der Waals surface area contributed by atoms with Gasteiger partial charge in [0.2, 0.25) is 0 Å². The molecule has 4 nitrogen and oxygen atoms in total. The molecule has 0 radical (unpaired) electrons. The summed E-state index contributed by atoms with van der Waals surface area (Å²) in [7, 11) is -1.03. The molecular weight excluding hydrogens is 332 g/mol. The van der Waals surface area contributed by atoms with Crippen molar-refractivity contribution in [3.63, 3.8) is 0 Å². The second-order valence-corrected chi connectivity index (χ2v) is 7.59. The topological polar surface area (TPSA) is 33.7 Å². The van der Waals surface area contributed by atoms with E-state index in [1.54, 1.807) is 6.07 Å². The Hall–Kier alpha value is -1.25. The highest BCUT2D eigenvalue weighted by Gasteiger charge is 2.53. The summed E-state index contributed by atoms with van der Waals surface area (Å²) >= 11 is 0. The summed E-state index contributed by atoms with van der Waals surface area (Å²) < 4.78 is 52.7. The van der Waals surface area contributed by atoms with Crippen molar-refractivity contribution in [1.82, 2.24) is 5.32 Å². The minimum absolute atomic E-state index is 0.0324. The first-order valence-electron chi connectivity index (χ1n) is 8.54. The number of benzene rings is 1. The lowest BCUT2D eigenvalue weighted by molar-refractivity contribution is -0.136. The Bertz CT molecular complexity index is 627. The van der Waals surface area contributed by atoms with Gasteiger partial charge in [0, 0.05) is 31.9 Å². The van der Waals surface area contributed by atoms with E-state index < -0.39 is 30.1 Å². The van der Waals surface area contributed by atoms with Crippen LogP contribution in [0.25, 0.3) is 0 Å². The van der Waals surface area contributed by atoms with E-state index in [4.69, 9.17) is 9.31 Å². The highest BCUT2D eigenvalue weighted by Crippen LogP contribution is 2.38. The number of hydrogen-bond acceptors (Lipinski definition) is 4. The third-order valence-corrected chi connectivity index (χ3v) is 5.33. The van der Waals surface area contributed by atoms with Gasteiger partial charge in [0.25, 0.3) is 0 Å². The lowest BCUT2D eigenvalue weighted by Crippen LogP contribution is -2.44. The van der Waals surface area contributed by atoms with E-state index in [1.807, 2.05) is 32.6 Å². The molecule has 2 fully saturated rings. The molecule has 0 amide bonds. The molecule has 0 unspecified atom stereocenters. The monoisotopic (exact) mass is 356 g/mol. The first kappa shape index (κ1) is 18.5. The Morgan fingerprint density at radius 3 is 2.12 bits per heavy atom. The maximum atomic E-state index is 13.7. The van der Waals surface area contributed by atoms with Gasteiger partial charge in [0.15, 0.2) is 0 Å². The van der Waals surface area contributed by atoms with Crippen molar-refractivity contribution in [3.05, 3.63) is 23.8 Å². The van der Waals surface area contributed by atoms with Crippen LogP contribution in [0.15, 0.2) is 18.2 Å². The smallest absolute Gasteiger partial charge is 0.399 e. The molecule has 0 aliphatic carbocycles. The molecule has 2 aliphatic heterocycles. The van der Waals surface area contributed by atoms with Gasteiger partial charge in [-0.1, -0.05) is 6.07 Å². The molecule has 2 heterocycles. The van der Waals surface area contributed by atoms with Gasteiger partial charge in [-0.05, 0) is 45.3 Å². The second kappa shape index (κ2) is 6.18. The summed E-state index contributed by atoms with van der Waals surface area (Å²) in [6.07, 6.45) is -4.47. The number of nitrogens with zero attached hydrogens (tertiary/aromatic N) is 1. The number of rotatable bonds is 2. The summed E-state index contributed by atoms with van der Waals surface area (Å²) in [4.78, 5) is 1.96. The van der Waals surface area contributed by atoms with Crippen molar-refractivity contribution in [2.75, 3.05) is 31.1 Å². The number of piperazine rings is 1. The van der Waals surface area contributed by atoms with E-state index in [1.165, 1.54) is 12.1 Å².